The summed E-state index contributed by atoms with van der Waals surface area (Å²) in [4.78, 5) is 2.01. The van der Waals surface area contributed by atoms with Crippen LogP contribution < -0.4 is 4.90 Å². The molecule has 1 fully saturated rings. The van der Waals surface area contributed by atoms with E-state index in [-0.39, 0.29) is 12.8 Å². The van der Waals surface area contributed by atoms with Gasteiger partial charge in [-0.3, -0.25) is 0 Å². The van der Waals surface area contributed by atoms with Gasteiger partial charge in [0.15, 0.2) is 0 Å². The third-order valence-corrected chi connectivity index (χ3v) is 3.97. The highest BCUT2D eigenvalue weighted by molar-refractivity contribution is 6.17. The monoisotopic (exact) mass is 291 g/mol. The second-order valence-corrected chi connectivity index (χ2v) is 5.34. The molecule has 0 saturated carbocycles. The smallest absolute Gasteiger partial charge is 0.371 e. The molecule has 0 spiro atoms. The van der Waals surface area contributed by atoms with E-state index in [1.54, 1.807) is 0 Å². The lowest BCUT2D eigenvalue weighted by Gasteiger charge is -2.35. The first-order chi connectivity index (χ1) is 8.91. The van der Waals surface area contributed by atoms with Gasteiger partial charge in [0.25, 0.3) is 0 Å². The lowest BCUT2D eigenvalue weighted by Crippen LogP contribution is -2.39. The summed E-state index contributed by atoms with van der Waals surface area (Å²) in [5.74, 6) is -0.774. The largest absolute Gasteiger partial charge is 0.391 e. The molecule has 0 aromatic heterocycles. The van der Waals surface area contributed by atoms with Gasteiger partial charge in [0.05, 0.1) is 5.92 Å². The van der Waals surface area contributed by atoms with E-state index in [1.165, 1.54) is 0 Å². The van der Waals surface area contributed by atoms with Crippen molar-refractivity contribution in [2.75, 3.05) is 18.0 Å². The highest BCUT2D eigenvalue weighted by atomic mass is 35.5. The van der Waals surface area contributed by atoms with Crippen molar-refractivity contribution in [2.24, 2.45) is 5.92 Å². The van der Waals surface area contributed by atoms with Gasteiger partial charge < -0.3 is 4.90 Å². The van der Waals surface area contributed by atoms with Gasteiger partial charge in [-0.25, -0.2) is 0 Å². The lowest BCUT2D eigenvalue weighted by atomic mass is 9.95. The molecular formula is C14H17ClF3N. The Hall–Kier alpha value is -0.900. The summed E-state index contributed by atoms with van der Waals surface area (Å²) in [7, 11) is 0. The average molecular weight is 292 g/mol. The number of piperidine rings is 1. The summed E-state index contributed by atoms with van der Waals surface area (Å²) in [5, 5.41) is 0. The first kappa shape index (κ1) is 14.5. The molecule has 1 heterocycles. The van der Waals surface area contributed by atoms with Crippen molar-refractivity contribution in [2.45, 2.75) is 31.8 Å². The first-order valence-corrected chi connectivity index (χ1v) is 6.92. The number of aryl methyl sites for hydroxylation is 1. The normalized spacial score (nSPS) is 17.8. The van der Waals surface area contributed by atoms with E-state index in [9.17, 15) is 13.2 Å². The van der Waals surface area contributed by atoms with Crippen LogP contribution in [0, 0.1) is 12.8 Å². The number of halogens is 4. The van der Waals surface area contributed by atoms with Crippen LogP contribution in [0.2, 0.25) is 0 Å². The molecule has 1 nitrogen and oxygen atoms in total. The van der Waals surface area contributed by atoms with Gasteiger partial charge in [-0.2, -0.15) is 13.2 Å². The van der Waals surface area contributed by atoms with Crippen molar-refractivity contribution in [3.8, 4) is 0 Å². The number of hydrogen-bond donors (Lipinski definition) is 0. The molecule has 1 aromatic carbocycles. The minimum absolute atomic E-state index is 0.166. The van der Waals surface area contributed by atoms with Crippen LogP contribution in [-0.2, 0) is 5.88 Å². The number of anilines is 1. The topological polar surface area (TPSA) is 3.24 Å². The predicted octanol–water partition coefficient (Wildman–Crippen LogP) is 4.51. The fourth-order valence-corrected chi connectivity index (χ4v) is 2.79. The number of hydrogen-bond acceptors (Lipinski definition) is 1. The van der Waals surface area contributed by atoms with Crippen molar-refractivity contribution in [1.29, 1.82) is 0 Å². The SMILES string of the molecule is Cc1ccc(N2CCC(C(F)(F)F)CC2)c(CCl)c1. The van der Waals surface area contributed by atoms with Crippen molar-refractivity contribution >= 4 is 17.3 Å². The molecule has 1 saturated heterocycles. The van der Waals surface area contributed by atoms with Crippen LogP contribution in [0.1, 0.15) is 24.0 Å². The Morgan fingerprint density at radius 3 is 2.42 bits per heavy atom. The predicted molar refractivity (Wildman–Crippen MR) is 71.7 cm³/mol. The van der Waals surface area contributed by atoms with E-state index in [0.717, 1.165) is 16.8 Å². The van der Waals surface area contributed by atoms with Crippen LogP contribution in [0.25, 0.3) is 0 Å². The fraction of sp³-hybridized carbons (Fsp3) is 0.571. The summed E-state index contributed by atoms with van der Waals surface area (Å²) in [6.07, 6.45) is -3.73. The van der Waals surface area contributed by atoms with Gasteiger partial charge in [-0.15, -0.1) is 11.6 Å². The van der Waals surface area contributed by atoms with E-state index in [0.29, 0.717) is 19.0 Å². The molecule has 1 aliphatic rings. The molecule has 0 amide bonds. The zero-order chi connectivity index (χ0) is 14.0. The van der Waals surface area contributed by atoms with Crippen LogP contribution >= 0.6 is 11.6 Å². The van der Waals surface area contributed by atoms with Crippen molar-refractivity contribution in [3.63, 3.8) is 0 Å². The summed E-state index contributed by atoms with van der Waals surface area (Å²) in [5.41, 5.74) is 3.08. The minimum Gasteiger partial charge on any atom is -0.371 e. The van der Waals surface area contributed by atoms with E-state index >= 15 is 0 Å². The third-order valence-electron chi connectivity index (χ3n) is 3.68. The quantitative estimate of drug-likeness (QED) is 0.725. The standard InChI is InChI=1S/C14H17ClF3N/c1-10-2-3-13(11(8-10)9-15)19-6-4-12(5-7-19)14(16,17)18/h2-3,8,12H,4-7,9H2,1H3. The summed E-state index contributed by atoms with van der Waals surface area (Å²) >= 11 is 5.92. The van der Waals surface area contributed by atoms with E-state index in [1.807, 2.05) is 30.0 Å². The number of nitrogens with zero attached hydrogens (tertiary/aromatic N) is 1. The lowest BCUT2D eigenvalue weighted by molar-refractivity contribution is -0.179. The van der Waals surface area contributed by atoms with Gasteiger partial charge in [0.1, 0.15) is 0 Å². The van der Waals surface area contributed by atoms with Crippen LogP contribution in [-0.4, -0.2) is 19.3 Å². The van der Waals surface area contributed by atoms with Gasteiger partial charge in [0.2, 0.25) is 0 Å². The molecule has 0 atom stereocenters. The Bertz CT molecular complexity index is 437. The molecule has 0 N–H and O–H groups in total. The van der Waals surface area contributed by atoms with Gasteiger partial charge in [-0.05, 0) is 31.4 Å². The highest BCUT2D eigenvalue weighted by Crippen LogP contribution is 2.36. The molecule has 0 radical (unpaired) electrons. The Morgan fingerprint density at radius 1 is 1.26 bits per heavy atom. The second-order valence-electron chi connectivity index (χ2n) is 5.07. The second kappa shape index (κ2) is 5.61. The summed E-state index contributed by atoms with van der Waals surface area (Å²) in [6, 6.07) is 5.93. The Balaban J connectivity index is 2.10. The molecule has 0 bridgehead atoms. The summed E-state index contributed by atoms with van der Waals surface area (Å²) < 4.78 is 37.9. The van der Waals surface area contributed by atoms with Crippen molar-refractivity contribution in [1.82, 2.24) is 0 Å². The maximum absolute atomic E-state index is 12.6. The van der Waals surface area contributed by atoms with Gasteiger partial charge in [0, 0.05) is 24.7 Å². The van der Waals surface area contributed by atoms with Gasteiger partial charge >= 0.3 is 6.18 Å². The molecule has 0 aliphatic carbocycles. The molecular weight excluding hydrogens is 275 g/mol. The third kappa shape index (κ3) is 3.35. The van der Waals surface area contributed by atoms with Gasteiger partial charge in [-0.1, -0.05) is 17.7 Å². The molecule has 1 aromatic rings. The number of benzene rings is 1. The summed E-state index contributed by atoms with van der Waals surface area (Å²) in [6.45, 7) is 2.87. The molecule has 2 rings (SSSR count). The molecule has 1 aliphatic heterocycles. The van der Waals surface area contributed by atoms with Crippen molar-refractivity contribution in [3.05, 3.63) is 29.3 Å². The fourth-order valence-electron chi connectivity index (χ4n) is 2.58. The Kier molecular flexibility index (Phi) is 4.29. The molecule has 0 unspecified atom stereocenters. The zero-order valence-corrected chi connectivity index (χ0v) is 11.6. The van der Waals surface area contributed by atoms with Crippen LogP contribution in [0.4, 0.5) is 18.9 Å². The maximum Gasteiger partial charge on any atom is 0.391 e. The highest BCUT2D eigenvalue weighted by Gasteiger charge is 2.41. The molecule has 19 heavy (non-hydrogen) atoms. The van der Waals surface area contributed by atoms with E-state index in [4.69, 9.17) is 11.6 Å². The average Bonchev–Trinajstić information content (AvgIpc) is 2.37. The van der Waals surface area contributed by atoms with Crippen LogP contribution in [0.3, 0.4) is 0 Å². The Morgan fingerprint density at radius 2 is 1.89 bits per heavy atom. The van der Waals surface area contributed by atoms with Crippen LogP contribution in [0.5, 0.6) is 0 Å². The number of rotatable bonds is 2. The first-order valence-electron chi connectivity index (χ1n) is 6.39. The zero-order valence-electron chi connectivity index (χ0n) is 10.8. The van der Waals surface area contributed by atoms with Crippen LogP contribution in [0.15, 0.2) is 18.2 Å². The van der Waals surface area contributed by atoms with E-state index in [2.05, 4.69) is 0 Å². The molecule has 106 valence electrons. The Labute approximate surface area is 116 Å². The van der Waals surface area contributed by atoms with Crippen molar-refractivity contribution < 1.29 is 13.2 Å². The maximum atomic E-state index is 12.6. The van der Waals surface area contributed by atoms with E-state index < -0.39 is 12.1 Å². The minimum atomic E-state index is -4.06. The molecule has 5 heteroatoms. The number of alkyl halides is 4.